The molecule has 120 valence electrons. The quantitative estimate of drug-likeness (QED) is 0.812. The SMILES string of the molecule is CCOC(=O)c1c(C)ncc2c1-c1ccc(OC)c(C)c1OC2. The third-order valence-electron chi connectivity index (χ3n) is 4.04. The van der Waals surface area contributed by atoms with Crippen LogP contribution >= 0.6 is 0 Å². The lowest BCUT2D eigenvalue weighted by molar-refractivity contribution is 0.0525. The molecule has 1 aliphatic heterocycles. The molecule has 1 aromatic heterocycles. The number of carbonyl (C=O) groups excluding carboxylic acids is 1. The molecule has 0 saturated heterocycles. The van der Waals surface area contributed by atoms with Crippen molar-refractivity contribution in [1.29, 1.82) is 0 Å². The van der Waals surface area contributed by atoms with Crippen LogP contribution in [-0.2, 0) is 11.3 Å². The zero-order valence-corrected chi connectivity index (χ0v) is 13.7. The third kappa shape index (κ3) is 2.42. The van der Waals surface area contributed by atoms with Crippen molar-refractivity contribution in [1.82, 2.24) is 4.98 Å². The second kappa shape index (κ2) is 5.91. The van der Waals surface area contributed by atoms with E-state index in [0.29, 0.717) is 24.5 Å². The van der Waals surface area contributed by atoms with Gasteiger partial charge in [0.1, 0.15) is 18.1 Å². The molecule has 5 heteroatoms. The van der Waals surface area contributed by atoms with Crippen LogP contribution in [0.15, 0.2) is 18.3 Å². The molecule has 5 nitrogen and oxygen atoms in total. The van der Waals surface area contributed by atoms with Crippen molar-refractivity contribution >= 4 is 5.97 Å². The molecule has 0 amide bonds. The van der Waals surface area contributed by atoms with Crippen LogP contribution in [0, 0.1) is 13.8 Å². The van der Waals surface area contributed by atoms with E-state index in [-0.39, 0.29) is 5.97 Å². The van der Waals surface area contributed by atoms with Crippen molar-refractivity contribution in [3.63, 3.8) is 0 Å². The fourth-order valence-corrected chi connectivity index (χ4v) is 2.94. The highest BCUT2D eigenvalue weighted by Crippen LogP contribution is 2.44. The van der Waals surface area contributed by atoms with E-state index < -0.39 is 0 Å². The lowest BCUT2D eigenvalue weighted by Crippen LogP contribution is -2.16. The minimum absolute atomic E-state index is 0.326. The molecule has 0 saturated carbocycles. The Morgan fingerprint density at radius 1 is 1.35 bits per heavy atom. The lowest BCUT2D eigenvalue weighted by atomic mass is 9.91. The van der Waals surface area contributed by atoms with Crippen LogP contribution in [0.1, 0.15) is 34.1 Å². The highest BCUT2D eigenvalue weighted by molar-refractivity contribution is 6.00. The fraction of sp³-hybridized carbons (Fsp3) is 0.333. The number of aromatic nitrogens is 1. The largest absolute Gasteiger partial charge is 0.496 e. The van der Waals surface area contributed by atoms with Crippen LogP contribution in [0.3, 0.4) is 0 Å². The van der Waals surface area contributed by atoms with Crippen molar-refractivity contribution < 1.29 is 19.0 Å². The number of hydrogen-bond acceptors (Lipinski definition) is 5. The molecule has 0 atom stereocenters. The fourth-order valence-electron chi connectivity index (χ4n) is 2.94. The number of aryl methyl sites for hydroxylation is 1. The molecule has 1 aromatic carbocycles. The number of pyridine rings is 1. The molecule has 0 aliphatic carbocycles. The van der Waals surface area contributed by atoms with E-state index in [1.54, 1.807) is 20.2 Å². The van der Waals surface area contributed by atoms with Crippen LogP contribution in [0.5, 0.6) is 11.5 Å². The van der Waals surface area contributed by atoms with Crippen LogP contribution in [0.2, 0.25) is 0 Å². The minimum Gasteiger partial charge on any atom is -0.496 e. The van der Waals surface area contributed by atoms with Crippen molar-refractivity contribution in [2.75, 3.05) is 13.7 Å². The maximum absolute atomic E-state index is 12.4. The summed E-state index contributed by atoms with van der Waals surface area (Å²) in [7, 11) is 1.63. The Kier molecular flexibility index (Phi) is 3.94. The Hall–Kier alpha value is -2.56. The van der Waals surface area contributed by atoms with Gasteiger partial charge in [0.25, 0.3) is 0 Å². The Balaban J connectivity index is 2.27. The van der Waals surface area contributed by atoms with E-state index in [1.807, 2.05) is 26.0 Å². The van der Waals surface area contributed by atoms with Crippen LogP contribution in [0.25, 0.3) is 11.1 Å². The summed E-state index contributed by atoms with van der Waals surface area (Å²) >= 11 is 0. The minimum atomic E-state index is -0.351. The van der Waals surface area contributed by atoms with E-state index in [9.17, 15) is 4.79 Å². The van der Waals surface area contributed by atoms with Crippen molar-refractivity contribution in [3.8, 4) is 22.6 Å². The summed E-state index contributed by atoms with van der Waals surface area (Å²) in [5, 5.41) is 0. The van der Waals surface area contributed by atoms with Gasteiger partial charge in [0.2, 0.25) is 0 Å². The van der Waals surface area contributed by atoms with Gasteiger partial charge in [0, 0.05) is 28.5 Å². The number of carbonyl (C=O) groups is 1. The van der Waals surface area contributed by atoms with Crippen molar-refractivity contribution in [3.05, 3.63) is 40.7 Å². The molecule has 23 heavy (non-hydrogen) atoms. The lowest BCUT2D eigenvalue weighted by Gasteiger charge is -2.25. The molecular formula is C18H19NO4. The third-order valence-corrected chi connectivity index (χ3v) is 4.04. The maximum Gasteiger partial charge on any atom is 0.340 e. The first kappa shape index (κ1) is 15.3. The smallest absolute Gasteiger partial charge is 0.340 e. The van der Waals surface area contributed by atoms with E-state index >= 15 is 0 Å². The summed E-state index contributed by atoms with van der Waals surface area (Å²) in [6.07, 6.45) is 1.76. The maximum atomic E-state index is 12.4. The van der Waals surface area contributed by atoms with Crippen LogP contribution in [-0.4, -0.2) is 24.7 Å². The molecule has 2 aromatic rings. The van der Waals surface area contributed by atoms with Crippen LogP contribution in [0.4, 0.5) is 0 Å². The normalized spacial score (nSPS) is 12.0. The summed E-state index contributed by atoms with van der Waals surface area (Å²) in [6, 6.07) is 3.80. The van der Waals surface area contributed by atoms with E-state index in [0.717, 1.165) is 33.8 Å². The summed E-state index contributed by atoms with van der Waals surface area (Å²) < 4.78 is 16.5. The average molecular weight is 313 g/mol. The van der Waals surface area contributed by atoms with Crippen molar-refractivity contribution in [2.24, 2.45) is 0 Å². The Labute approximate surface area is 135 Å². The van der Waals surface area contributed by atoms with E-state index in [2.05, 4.69) is 4.98 Å². The van der Waals surface area contributed by atoms with Gasteiger partial charge in [0.05, 0.1) is 25.0 Å². The number of benzene rings is 1. The second-order valence-electron chi connectivity index (χ2n) is 5.40. The molecule has 0 unspecified atom stereocenters. The zero-order valence-electron chi connectivity index (χ0n) is 13.7. The number of nitrogens with zero attached hydrogens (tertiary/aromatic N) is 1. The highest BCUT2D eigenvalue weighted by Gasteiger charge is 2.28. The van der Waals surface area contributed by atoms with Gasteiger partial charge in [-0.15, -0.1) is 0 Å². The predicted octanol–water partition coefficient (Wildman–Crippen LogP) is 3.44. The number of esters is 1. The van der Waals surface area contributed by atoms with Crippen molar-refractivity contribution in [2.45, 2.75) is 27.4 Å². The van der Waals surface area contributed by atoms with Gasteiger partial charge in [-0.25, -0.2) is 4.79 Å². The second-order valence-corrected chi connectivity index (χ2v) is 5.40. The Bertz CT molecular complexity index is 783. The molecule has 0 fully saturated rings. The molecule has 0 bridgehead atoms. The number of rotatable bonds is 3. The van der Waals surface area contributed by atoms with Gasteiger partial charge in [-0.05, 0) is 32.9 Å². The summed E-state index contributed by atoms with van der Waals surface area (Å²) in [4.78, 5) is 16.7. The molecule has 0 N–H and O–H groups in total. The summed E-state index contributed by atoms with van der Waals surface area (Å²) in [5.74, 6) is 1.15. The van der Waals surface area contributed by atoms with Gasteiger partial charge in [0.15, 0.2) is 0 Å². The molecule has 0 spiro atoms. The Morgan fingerprint density at radius 3 is 2.83 bits per heavy atom. The van der Waals surface area contributed by atoms with Gasteiger partial charge in [-0.3, -0.25) is 4.98 Å². The molecule has 3 rings (SSSR count). The first-order chi connectivity index (χ1) is 11.1. The van der Waals surface area contributed by atoms with E-state index in [4.69, 9.17) is 14.2 Å². The number of ether oxygens (including phenoxy) is 3. The number of methoxy groups -OCH3 is 1. The first-order valence-electron chi connectivity index (χ1n) is 7.54. The molecular weight excluding hydrogens is 294 g/mol. The van der Waals surface area contributed by atoms with Gasteiger partial charge >= 0.3 is 5.97 Å². The van der Waals surface area contributed by atoms with Crippen LogP contribution < -0.4 is 9.47 Å². The van der Waals surface area contributed by atoms with Gasteiger partial charge in [-0.1, -0.05) is 0 Å². The van der Waals surface area contributed by atoms with Gasteiger partial charge in [-0.2, -0.15) is 0 Å². The number of hydrogen-bond donors (Lipinski definition) is 0. The molecule has 2 heterocycles. The molecule has 1 aliphatic rings. The standard InChI is InChI=1S/C18H19NO4/c1-5-22-18(20)15-11(3)19-8-12-9-23-17-10(2)14(21-4)7-6-13(17)16(12)15/h6-8H,5,9H2,1-4H3. The monoisotopic (exact) mass is 313 g/mol. The number of fused-ring (bicyclic) bond motifs is 3. The summed E-state index contributed by atoms with van der Waals surface area (Å²) in [6.45, 7) is 6.25. The average Bonchev–Trinajstić information content (AvgIpc) is 2.55. The predicted molar refractivity (Wildman–Crippen MR) is 86.0 cm³/mol. The highest BCUT2D eigenvalue weighted by atomic mass is 16.5. The first-order valence-corrected chi connectivity index (χ1v) is 7.54. The van der Waals surface area contributed by atoms with E-state index in [1.165, 1.54) is 0 Å². The summed E-state index contributed by atoms with van der Waals surface area (Å²) in [5.41, 5.74) is 4.69. The topological polar surface area (TPSA) is 57.7 Å². The molecule has 0 radical (unpaired) electrons. The zero-order chi connectivity index (χ0) is 16.6. The Morgan fingerprint density at radius 2 is 2.13 bits per heavy atom. The van der Waals surface area contributed by atoms with Gasteiger partial charge < -0.3 is 14.2 Å².